The Bertz CT molecular complexity index is 751. The molecule has 0 saturated carbocycles. The lowest BCUT2D eigenvalue weighted by atomic mass is 9.90. The molecule has 4 nitrogen and oxygen atoms in total. The maximum absolute atomic E-state index is 12.5. The van der Waals surface area contributed by atoms with Gasteiger partial charge >= 0.3 is 0 Å². The molecule has 0 aliphatic heterocycles. The van der Waals surface area contributed by atoms with Gasteiger partial charge in [0.2, 0.25) is 5.91 Å². The number of benzene rings is 1. The van der Waals surface area contributed by atoms with E-state index in [1.54, 1.807) is 23.5 Å². The molecular formula is C18H20N2O2S. The fraction of sp³-hybridized carbons (Fsp3) is 0.333. The summed E-state index contributed by atoms with van der Waals surface area (Å²) in [7, 11) is 0. The van der Waals surface area contributed by atoms with Crippen LogP contribution >= 0.6 is 11.3 Å². The summed E-state index contributed by atoms with van der Waals surface area (Å²) in [6.07, 6.45) is 3.34. The summed E-state index contributed by atoms with van der Waals surface area (Å²) in [5.41, 5.74) is 2.68. The summed E-state index contributed by atoms with van der Waals surface area (Å²) in [5, 5.41) is 5.63. The van der Waals surface area contributed by atoms with Gasteiger partial charge < -0.3 is 10.6 Å². The summed E-state index contributed by atoms with van der Waals surface area (Å²) in [4.78, 5) is 25.7. The van der Waals surface area contributed by atoms with Crippen molar-refractivity contribution in [3.63, 3.8) is 0 Å². The number of rotatable bonds is 3. The minimum Gasteiger partial charge on any atom is -0.326 e. The zero-order valence-electron chi connectivity index (χ0n) is 13.3. The molecule has 3 rings (SSSR count). The van der Waals surface area contributed by atoms with E-state index in [2.05, 4.69) is 17.6 Å². The molecule has 5 heteroatoms. The maximum atomic E-state index is 12.5. The Morgan fingerprint density at radius 2 is 1.91 bits per heavy atom. The minimum atomic E-state index is -0.131. The standard InChI is InChI=1S/C18H20N2O2S/c1-11-6-7-16-13(8-11)9-17(23-16)18(22)20-15-5-3-4-14(10-15)19-12(2)21/h3-5,9-11H,6-8H2,1-2H3,(H,19,21)(H,20,22). The Morgan fingerprint density at radius 1 is 1.17 bits per heavy atom. The topological polar surface area (TPSA) is 58.2 Å². The normalized spacial score (nSPS) is 16.5. The highest BCUT2D eigenvalue weighted by Gasteiger charge is 2.20. The quantitative estimate of drug-likeness (QED) is 0.892. The first-order valence-electron chi connectivity index (χ1n) is 7.82. The summed E-state index contributed by atoms with van der Waals surface area (Å²) in [5.74, 6) is 0.480. The fourth-order valence-electron chi connectivity index (χ4n) is 2.89. The van der Waals surface area contributed by atoms with Crippen LogP contribution in [0.5, 0.6) is 0 Å². The van der Waals surface area contributed by atoms with Gasteiger partial charge in [0, 0.05) is 23.2 Å². The van der Waals surface area contributed by atoms with E-state index in [0.29, 0.717) is 17.3 Å². The first-order chi connectivity index (χ1) is 11.0. The molecular weight excluding hydrogens is 308 g/mol. The lowest BCUT2D eigenvalue weighted by molar-refractivity contribution is -0.114. The van der Waals surface area contributed by atoms with Crippen molar-refractivity contribution in [2.24, 2.45) is 5.92 Å². The van der Waals surface area contributed by atoms with Crippen molar-refractivity contribution in [3.8, 4) is 0 Å². The molecule has 1 aliphatic rings. The molecule has 0 spiro atoms. The van der Waals surface area contributed by atoms with Gasteiger partial charge in [-0.1, -0.05) is 13.0 Å². The van der Waals surface area contributed by atoms with Crippen molar-refractivity contribution in [2.75, 3.05) is 10.6 Å². The molecule has 0 bridgehead atoms. The number of hydrogen-bond acceptors (Lipinski definition) is 3. The van der Waals surface area contributed by atoms with Crippen molar-refractivity contribution in [1.82, 2.24) is 0 Å². The fourth-order valence-corrected chi connectivity index (χ4v) is 3.99. The molecule has 2 N–H and O–H groups in total. The monoisotopic (exact) mass is 328 g/mol. The van der Waals surface area contributed by atoms with Crippen LogP contribution in [0.3, 0.4) is 0 Å². The van der Waals surface area contributed by atoms with E-state index in [9.17, 15) is 9.59 Å². The molecule has 1 aliphatic carbocycles. The highest BCUT2D eigenvalue weighted by Crippen LogP contribution is 2.32. The van der Waals surface area contributed by atoms with Crippen molar-refractivity contribution in [3.05, 3.63) is 45.6 Å². The number of fused-ring (bicyclic) bond motifs is 1. The van der Waals surface area contributed by atoms with Gasteiger partial charge in [-0.15, -0.1) is 11.3 Å². The molecule has 1 aromatic carbocycles. The molecule has 2 aromatic rings. The van der Waals surface area contributed by atoms with E-state index in [-0.39, 0.29) is 11.8 Å². The third-order valence-corrected chi connectivity index (χ3v) is 5.23. The van der Waals surface area contributed by atoms with Gasteiger partial charge in [-0.25, -0.2) is 0 Å². The number of carbonyl (C=O) groups excluding carboxylic acids is 2. The average Bonchev–Trinajstić information content (AvgIpc) is 2.90. The van der Waals surface area contributed by atoms with E-state index >= 15 is 0 Å². The molecule has 120 valence electrons. The molecule has 1 aromatic heterocycles. The zero-order chi connectivity index (χ0) is 16.4. The molecule has 0 saturated heterocycles. The van der Waals surface area contributed by atoms with Gasteiger partial charge in [0.15, 0.2) is 0 Å². The van der Waals surface area contributed by atoms with Crippen LogP contribution in [0.25, 0.3) is 0 Å². The number of carbonyl (C=O) groups is 2. The van der Waals surface area contributed by atoms with E-state index in [4.69, 9.17) is 0 Å². The van der Waals surface area contributed by atoms with E-state index in [1.807, 2.05) is 18.2 Å². The van der Waals surface area contributed by atoms with Crippen LogP contribution in [-0.4, -0.2) is 11.8 Å². The number of anilines is 2. The molecule has 23 heavy (non-hydrogen) atoms. The SMILES string of the molecule is CC(=O)Nc1cccc(NC(=O)c2cc3c(s2)CCC(C)C3)c1. The van der Waals surface area contributed by atoms with Crippen LogP contribution in [0.15, 0.2) is 30.3 Å². The van der Waals surface area contributed by atoms with E-state index < -0.39 is 0 Å². The van der Waals surface area contributed by atoms with E-state index in [1.165, 1.54) is 23.8 Å². The third-order valence-electron chi connectivity index (χ3n) is 3.99. The highest BCUT2D eigenvalue weighted by molar-refractivity contribution is 7.14. The molecule has 1 unspecified atom stereocenters. The first kappa shape index (κ1) is 15.7. The summed E-state index contributed by atoms with van der Waals surface area (Å²) in [6, 6.07) is 9.21. The second kappa shape index (κ2) is 6.54. The zero-order valence-corrected chi connectivity index (χ0v) is 14.1. The highest BCUT2D eigenvalue weighted by atomic mass is 32.1. The lowest BCUT2D eigenvalue weighted by Crippen LogP contribution is -2.11. The number of amides is 2. The van der Waals surface area contributed by atoms with Crippen LogP contribution in [0, 0.1) is 5.92 Å². The third kappa shape index (κ3) is 3.79. The summed E-state index contributed by atoms with van der Waals surface area (Å²) >= 11 is 1.60. The Labute approximate surface area is 139 Å². The number of hydrogen-bond donors (Lipinski definition) is 2. The smallest absolute Gasteiger partial charge is 0.265 e. The van der Waals surface area contributed by atoms with Crippen LogP contribution in [-0.2, 0) is 17.6 Å². The molecule has 0 radical (unpaired) electrons. The van der Waals surface area contributed by atoms with Crippen LogP contribution < -0.4 is 10.6 Å². The van der Waals surface area contributed by atoms with Gasteiger partial charge in [-0.05, 0) is 55.0 Å². The minimum absolute atomic E-state index is 0.0861. The van der Waals surface area contributed by atoms with E-state index in [0.717, 1.165) is 17.7 Å². The van der Waals surface area contributed by atoms with Crippen molar-refractivity contribution >= 4 is 34.5 Å². The Balaban J connectivity index is 1.73. The first-order valence-corrected chi connectivity index (χ1v) is 8.63. The van der Waals surface area contributed by atoms with Gasteiger partial charge in [-0.3, -0.25) is 9.59 Å². The second-order valence-electron chi connectivity index (χ2n) is 6.12. The molecule has 0 fully saturated rings. The largest absolute Gasteiger partial charge is 0.326 e. The predicted molar refractivity (Wildman–Crippen MR) is 94.2 cm³/mol. The van der Waals surface area contributed by atoms with Crippen molar-refractivity contribution in [2.45, 2.75) is 33.1 Å². The predicted octanol–water partition coefficient (Wildman–Crippen LogP) is 4.08. The second-order valence-corrected chi connectivity index (χ2v) is 7.26. The Kier molecular flexibility index (Phi) is 4.48. The molecule has 1 heterocycles. The number of nitrogens with one attached hydrogen (secondary N) is 2. The maximum Gasteiger partial charge on any atom is 0.265 e. The van der Waals surface area contributed by atoms with Crippen LogP contribution in [0.4, 0.5) is 11.4 Å². The van der Waals surface area contributed by atoms with Gasteiger partial charge in [0.25, 0.3) is 5.91 Å². The van der Waals surface area contributed by atoms with Gasteiger partial charge in [0.1, 0.15) is 0 Å². The molecule has 2 amide bonds. The van der Waals surface area contributed by atoms with Crippen molar-refractivity contribution < 1.29 is 9.59 Å². The van der Waals surface area contributed by atoms with Crippen LogP contribution in [0.1, 0.15) is 40.4 Å². The Morgan fingerprint density at radius 3 is 2.65 bits per heavy atom. The lowest BCUT2D eigenvalue weighted by Gasteiger charge is -2.16. The molecule has 1 atom stereocenters. The summed E-state index contributed by atoms with van der Waals surface area (Å²) in [6.45, 7) is 3.72. The van der Waals surface area contributed by atoms with Crippen LogP contribution in [0.2, 0.25) is 0 Å². The van der Waals surface area contributed by atoms with Crippen molar-refractivity contribution in [1.29, 1.82) is 0 Å². The van der Waals surface area contributed by atoms with Gasteiger partial charge in [-0.2, -0.15) is 0 Å². The Hall–Kier alpha value is -2.14. The number of thiophene rings is 1. The number of aryl methyl sites for hydroxylation is 1. The van der Waals surface area contributed by atoms with Gasteiger partial charge in [0.05, 0.1) is 4.88 Å². The summed E-state index contributed by atoms with van der Waals surface area (Å²) < 4.78 is 0. The average molecular weight is 328 g/mol.